The lowest BCUT2D eigenvalue weighted by atomic mass is 10.1. The van der Waals surface area contributed by atoms with E-state index in [-0.39, 0.29) is 5.91 Å². The first-order valence-electron chi connectivity index (χ1n) is 10.2. The Kier molecular flexibility index (Phi) is 8.23. The molecule has 2 amide bonds. The van der Waals surface area contributed by atoms with E-state index < -0.39 is 12.1 Å². The van der Waals surface area contributed by atoms with Gasteiger partial charge >= 0.3 is 6.09 Å². The normalized spacial score (nSPS) is 15.2. The number of carbonyl (C=O) groups excluding carboxylic acids is 2. The highest BCUT2D eigenvalue weighted by Gasteiger charge is 2.22. The number of carbonyl (C=O) groups is 2. The maximum Gasteiger partial charge on any atom is 0.407 e. The van der Waals surface area contributed by atoms with Gasteiger partial charge in [-0.3, -0.25) is 9.69 Å². The van der Waals surface area contributed by atoms with Gasteiger partial charge in [-0.05, 0) is 29.7 Å². The Labute approximate surface area is 177 Å². The molecule has 2 aromatic rings. The fourth-order valence-electron chi connectivity index (χ4n) is 3.36. The summed E-state index contributed by atoms with van der Waals surface area (Å²) in [5.41, 5.74) is 2.86. The number of hydrogen-bond acceptors (Lipinski definition) is 5. The van der Waals surface area contributed by atoms with Gasteiger partial charge in [0, 0.05) is 31.7 Å². The monoisotopic (exact) mass is 411 g/mol. The molecule has 160 valence electrons. The van der Waals surface area contributed by atoms with Gasteiger partial charge in [0.25, 0.3) is 0 Å². The number of rotatable bonds is 8. The summed E-state index contributed by atoms with van der Waals surface area (Å²) in [5, 5.41) is 5.50. The second kappa shape index (κ2) is 11.3. The van der Waals surface area contributed by atoms with Crippen LogP contribution in [-0.2, 0) is 27.1 Å². The molecule has 1 unspecified atom stereocenters. The molecule has 1 aliphatic heterocycles. The first kappa shape index (κ1) is 21.8. The molecule has 2 N–H and O–H groups in total. The molecule has 0 aromatic heterocycles. The Hall–Kier alpha value is -2.90. The number of ether oxygens (including phenoxy) is 2. The topological polar surface area (TPSA) is 79.9 Å². The van der Waals surface area contributed by atoms with E-state index in [0.29, 0.717) is 12.1 Å². The number of nitrogens with zero attached hydrogens (tertiary/aromatic N) is 1. The Morgan fingerprint density at radius 3 is 2.40 bits per heavy atom. The first-order chi connectivity index (χ1) is 14.6. The van der Waals surface area contributed by atoms with Crippen LogP contribution in [0.15, 0.2) is 54.6 Å². The number of morpholine rings is 1. The predicted molar refractivity (Wildman–Crippen MR) is 116 cm³/mol. The zero-order valence-electron chi connectivity index (χ0n) is 17.3. The number of alkyl carbamates (subject to hydrolysis) is 1. The predicted octanol–water partition coefficient (Wildman–Crippen LogP) is 2.47. The number of anilines is 1. The maximum atomic E-state index is 12.8. The zero-order chi connectivity index (χ0) is 21.2. The second-order valence-electron chi connectivity index (χ2n) is 7.27. The Morgan fingerprint density at radius 2 is 1.73 bits per heavy atom. The standard InChI is InChI=1S/C23H29N3O4/c1-29-23(28)25-21(17-19-5-3-2-4-6-19)22(27)24-20-9-7-18(8-10-20)11-12-26-13-15-30-16-14-26/h2-10,21H,11-17H2,1H3,(H,24,27)(H,25,28). The summed E-state index contributed by atoms with van der Waals surface area (Å²) in [7, 11) is 1.28. The fourth-order valence-corrected chi connectivity index (χ4v) is 3.36. The molecular weight excluding hydrogens is 382 g/mol. The highest BCUT2D eigenvalue weighted by molar-refractivity contribution is 5.96. The van der Waals surface area contributed by atoms with E-state index in [1.807, 2.05) is 54.6 Å². The van der Waals surface area contributed by atoms with Crippen molar-refractivity contribution in [1.82, 2.24) is 10.2 Å². The summed E-state index contributed by atoms with van der Waals surface area (Å²) >= 11 is 0. The molecule has 7 heteroatoms. The van der Waals surface area contributed by atoms with E-state index in [1.54, 1.807) is 0 Å². The third-order valence-corrected chi connectivity index (χ3v) is 5.12. The summed E-state index contributed by atoms with van der Waals surface area (Å²) in [6.45, 7) is 4.55. The Morgan fingerprint density at radius 1 is 1.03 bits per heavy atom. The lowest BCUT2D eigenvalue weighted by molar-refractivity contribution is -0.118. The summed E-state index contributed by atoms with van der Waals surface area (Å²) in [6.07, 6.45) is 0.693. The van der Waals surface area contributed by atoms with E-state index in [4.69, 9.17) is 4.74 Å². The van der Waals surface area contributed by atoms with Crippen LogP contribution in [0.1, 0.15) is 11.1 Å². The summed E-state index contributed by atoms with van der Waals surface area (Å²) < 4.78 is 10.0. The molecule has 0 radical (unpaired) electrons. The maximum absolute atomic E-state index is 12.8. The van der Waals surface area contributed by atoms with Crippen molar-refractivity contribution in [2.75, 3.05) is 45.3 Å². The molecule has 1 fully saturated rings. The molecule has 2 aromatic carbocycles. The van der Waals surface area contributed by atoms with E-state index in [0.717, 1.165) is 44.8 Å². The SMILES string of the molecule is COC(=O)NC(Cc1ccccc1)C(=O)Nc1ccc(CCN2CCOCC2)cc1. The third kappa shape index (κ3) is 6.86. The molecule has 1 heterocycles. The number of amides is 2. The average molecular weight is 412 g/mol. The van der Waals surface area contributed by atoms with Crippen molar-refractivity contribution in [1.29, 1.82) is 0 Å². The molecule has 7 nitrogen and oxygen atoms in total. The van der Waals surface area contributed by atoms with Crippen molar-refractivity contribution in [3.63, 3.8) is 0 Å². The minimum absolute atomic E-state index is 0.287. The molecule has 1 aliphatic rings. The molecule has 1 saturated heterocycles. The summed E-state index contributed by atoms with van der Waals surface area (Å²) in [6, 6.07) is 16.6. The van der Waals surface area contributed by atoms with Crippen molar-refractivity contribution in [3.8, 4) is 0 Å². The van der Waals surface area contributed by atoms with E-state index >= 15 is 0 Å². The molecule has 0 saturated carbocycles. The highest BCUT2D eigenvalue weighted by Crippen LogP contribution is 2.13. The van der Waals surface area contributed by atoms with Gasteiger partial charge in [0.15, 0.2) is 0 Å². The van der Waals surface area contributed by atoms with Gasteiger partial charge in [-0.25, -0.2) is 4.79 Å². The van der Waals surface area contributed by atoms with Crippen LogP contribution in [0.4, 0.5) is 10.5 Å². The van der Waals surface area contributed by atoms with Gasteiger partial charge in [0.05, 0.1) is 20.3 Å². The number of nitrogens with one attached hydrogen (secondary N) is 2. The van der Waals surface area contributed by atoms with Gasteiger partial charge in [0.1, 0.15) is 6.04 Å². The zero-order valence-corrected chi connectivity index (χ0v) is 17.3. The van der Waals surface area contributed by atoms with Crippen molar-refractivity contribution in [2.24, 2.45) is 0 Å². The largest absolute Gasteiger partial charge is 0.453 e. The van der Waals surface area contributed by atoms with Crippen LogP contribution in [0.2, 0.25) is 0 Å². The quantitative estimate of drug-likeness (QED) is 0.698. The van der Waals surface area contributed by atoms with Crippen LogP contribution in [0, 0.1) is 0 Å². The van der Waals surface area contributed by atoms with E-state index in [2.05, 4.69) is 20.3 Å². The van der Waals surface area contributed by atoms with Crippen LogP contribution in [0.3, 0.4) is 0 Å². The fraction of sp³-hybridized carbons (Fsp3) is 0.391. The van der Waals surface area contributed by atoms with Gasteiger partial charge < -0.3 is 20.1 Å². The molecule has 3 rings (SSSR count). The van der Waals surface area contributed by atoms with Gasteiger partial charge in [-0.1, -0.05) is 42.5 Å². The average Bonchev–Trinajstić information content (AvgIpc) is 2.79. The van der Waals surface area contributed by atoms with Crippen LogP contribution >= 0.6 is 0 Å². The van der Waals surface area contributed by atoms with Crippen LogP contribution < -0.4 is 10.6 Å². The molecular formula is C23H29N3O4. The number of hydrogen-bond donors (Lipinski definition) is 2. The van der Waals surface area contributed by atoms with Crippen molar-refractivity contribution in [3.05, 3.63) is 65.7 Å². The van der Waals surface area contributed by atoms with Crippen LogP contribution in [-0.4, -0.2) is 62.9 Å². The van der Waals surface area contributed by atoms with Crippen LogP contribution in [0.5, 0.6) is 0 Å². The number of benzene rings is 2. The molecule has 0 aliphatic carbocycles. The van der Waals surface area contributed by atoms with Crippen molar-refractivity contribution >= 4 is 17.7 Å². The lowest BCUT2D eigenvalue weighted by Crippen LogP contribution is -2.45. The van der Waals surface area contributed by atoms with Gasteiger partial charge in [-0.15, -0.1) is 0 Å². The second-order valence-corrected chi connectivity index (χ2v) is 7.27. The third-order valence-electron chi connectivity index (χ3n) is 5.12. The Bertz CT molecular complexity index is 805. The molecule has 1 atom stereocenters. The van der Waals surface area contributed by atoms with Gasteiger partial charge in [-0.2, -0.15) is 0 Å². The van der Waals surface area contributed by atoms with Gasteiger partial charge in [0.2, 0.25) is 5.91 Å². The first-order valence-corrected chi connectivity index (χ1v) is 10.2. The number of methoxy groups -OCH3 is 1. The molecule has 0 bridgehead atoms. The molecule has 30 heavy (non-hydrogen) atoms. The molecule has 0 spiro atoms. The Balaban J connectivity index is 1.56. The smallest absolute Gasteiger partial charge is 0.407 e. The van der Waals surface area contributed by atoms with E-state index in [1.165, 1.54) is 12.7 Å². The van der Waals surface area contributed by atoms with Crippen molar-refractivity contribution in [2.45, 2.75) is 18.9 Å². The van der Waals surface area contributed by atoms with Crippen molar-refractivity contribution < 1.29 is 19.1 Å². The minimum atomic E-state index is -0.735. The summed E-state index contributed by atoms with van der Waals surface area (Å²) in [5.74, 6) is -0.287. The highest BCUT2D eigenvalue weighted by atomic mass is 16.5. The minimum Gasteiger partial charge on any atom is -0.453 e. The van der Waals surface area contributed by atoms with E-state index in [9.17, 15) is 9.59 Å². The lowest BCUT2D eigenvalue weighted by Gasteiger charge is -2.26. The summed E-state index contributed by atoms with van der Waals surface area (Å²) in [4.78, 5) is 26.9. The van der Waals surface area contributed by atoms with Crippen LogP contribution in [0.25, 0.3) is 0 Å².